The van der Waals surface area contributed by atoms with Gasteiger partial charge in [0.2, 0.25) is 0 Å². The van der Waals surface area contributed by atoms with Crippen LogP contribution in [0.4, 0.5) is 0 Å². The van der Waals surface area contributed by atoms with Crippen molar-refractivity contribution in [3.63, 3.8) is 0 Å². The maximum atomic E-state index is 10.9. The third-order valence-electron chi connectivity index (χ3n) is 7.50. The lowest BCUT2D eigenvalue weighted by Gasteiger charge is -2.32. The Bertz CT molecular complexity index is 457. The summed E-state index contributed by atoms with van der Waals surface area (Å²) in [6, 6.07) is 0. The van der Waals surface area contributed by atoms with Crippen LogP contribution in [0.2, 0.25) is 0 Å². The Morgan fingerprint density at radius 3 is 1.45 bits per heavy atom. The predicted molar refractivity (Wildman–Crippen MR) is 128 cm³/mol. The second kappa shape index (κ2) is 17.5. The lowest BCUT2D eigenvalue weighted by molar-refractivity contribution is 0.108. The maximum absolute atomic E-state index is 10.9. The maximum Gasteiger partial charge on any atom is 0.469 e. The zero-order chi connectivity index (χ0) is 23.6. The van der Waals surface area contributed by atoms with Gasteiger partial charge in [0.1, 0.15) is 0 Å². The molecule has 0 aliphatic carbocycles. The summed E-state index contributed by atoms with van der Waals surface area (Å²) >= 11 is 0. The van der Waals surface area contributed by atoms with E-state index in [4.69, 9.17) is 19.6 Å². The fraction of sp³-hybridized carbons (Fsp3) is 1.00. The van der Waals surface area contributed by atoms with Crippen LogP contribution in [0.3, 0.4) is 0 Å². The van der Waals surface area contributed by atoms with Crippen molar-refractivity contribution in [3.8, 4) is 0 Å². The monoisotopic (exact) mass is 466 g/mol. The smallest absolute Gasteiger partial charge is 0.396 e. The Balaban J connectivity index is 4.00. The standard InChI is InChI=1S/C24H51O6P/c1-5-23(6-2,15-9-12-19-25)16-10-13-20-29-21-14-11-17-24(7-3,8-4)18-22-30-31(26,27)28/h25H,5-22H2,1-4H3,(H2,26,27,28). The summed E-state index contributed by atoms with van der Waals surface area (Å²) in [4.78, 5) is 17.8. The minimum absolute atomic E-state index is 0.0921. The topological polar surface area (TPSA) is 96.2 Å². The number of aliphatic hydroxyl groups excluding tert-OH is 1. The fourth-order valence-corrected chi connectivity index (χ4v) is 5.00. The summed E-state index contributed by atoms with van der Waals surface area (Å²) < 4.78 is 21.4. The van der Waals surface area contributed by atoms with Gasteiger partial charge in [-0.05, 0) is 55.8 Å². The molecule has 0 aromatic carbocycles. The van der Waals surface area contributed by atoms with Crippen LogP contribution in [-0.2, 0) is 13.8 Å². The molecule has 188 valence electrons. The quantitative estimate of drug-likeness (QED) is 0.123. The molecule has 0 unspecified atom stereocenters. The molecule has 0 aromatic heterocycles. The van der Waals surface area contributed by atoms with Crippen molar-refractivity contribution in [1.29, 1.82) is 0 Å². The number of unbranched alkanes of at least 4 members (excludes halogenated alkanes) is 3. The summed E-state index contributed by atoms with van der Waals surface area (Å²) in [5, 5.41) is 9.03. The van der Waals surface area contributed by atoms with Gasteiger partial charge in [0.05, 0.1) is 6.61 Å². The molecular weight excluding hydrogens is 415 g/mol. The van der Waals surface area contributed by atoms with Crippen molar-refractivity contribution in [3.05, 3.63) is 0 Å². The van der Waals surface area contributed by atoms with E-state index in [-0.39, 0.29) is 12.0 Å². The lowest BCUT2D eigenvalue weighted by atomic mass is 9.74. The van der Waals surface area contributed by atoms with Crippen LogP contribution in [0.5, 0.6) is 0 Å². The Hall–Kier alpha value is 0.0300. The highest BCUT2D eigenvalue weighted by Crippen LogP contribution is 2.41. The molecule has 0 atom stereocenters. The average Bonchev–Trinajstić information content (AvgIpc) is 2.75. The molecule has 0 aliphatic rings. The van der Waals surface area contributed by atoms with Gasteiger partial charge >= 0.3 is 7.82 Å². The summed E-state index contributed by atoms with van der Waals surface area (Å²) in [5.41, 5.74) is 0.525. The molecule has 0 saturated heterocycles. The van der Waals surface area contributed by atoms with Crippen molar-refractivity contribution in [2.45, 2.75) is 118 Å². The second-order valence-corrected chi connectivity index (χ2v) is 10.4. The average molecular weight is 467 g/mol. The van der Waals surface area contributed by atoms with E-state index in [0.29, 0.717) is 18.4 Å². The second-order valence-electron chi connectivity index (χ2n) is 9.20. The molecule has 0 amide bonds. The first-order valence-electron chi connectivity index (χ1n) is 12.6. The van der Waals surface area contributed by atoms with Gasteiger partial charge in [-0.2, -0.15) is 0 Å². The first-order valence-corrected chi connectivity index (χ1v) is 14.1. The van der Waals surface area contributed by atoms with E-state index < -0.39 is 7.82 Å². The van der Waals surface area contributed by atoms with E-state index in [0.717, 1.165) is 64.6 Å². The molecule has 31 heavy (non-hydrogen) atoms. The number of ether oxygens (including phenoxy) is 1. The van der Waals surface area contributed by atoms with Crippen LogP contribution in [-0.4, -0.2) is 41.3 Å². The van der Waals surface area contributed by atoms with Crippen LogP contribution in [0, 0.1) is 10.8 Å². The third kappa shape index (κ3) is 14.7. The minimum Gasteiger partial charge on any atom is -0.396 e. The van der Waals surface area contributed by atoms with Crippen molar-refractivity contribution >= 4 is 7.82 Å². The van der Waals surface area contributed by atoms with Crippen LogP contribution in [0.15, 0.2) is 0 Å². The molecule has 0 aromatic rings. The van der Waals surface area contributed by atoms with Gasteiger partial charge in [0, 0.05) is 19.8 Å². The largest absolute Gasteiger partial charge is 0.469 e. The highest BCUT2D eigenvalue weighted by Gasteiger charge is 2.27. The summed E-state index contributed by atoms with van der Waals surface area (Å²) in [5.74, 6) is 0. The molecule has 0 aliphatic heterocycles. The molecule has 0 radical (unpaired) electrons. The summed E-state index contributed by atoms with van der Waals surface area (Å²) in [7, 11) is -4.38. The fourth-order valence-electron chi connectivity index (χ4n) is 4.67. The van der Waals surface area contributed by atoms with E-state index >= 15 is 0 Å². The van der Waals surface area contributed by atoms with E-state index in [1.807, 2.05) is 0 Å². The lowest BCUT2D eigenvalue weighted by Crippen LogP contribution is -2.21. The molecular formula is C24H51O6P. The van der Waals surface area contributed by atoms with Crippen LogP contribution in [0.25, 0.3) is 0 Å². The van der Waals surface area contributed by atoms with Crippen molar-refractivity contribution < 1.29 is 28.7 Å². The van der Waals surface area contributed by atoms with Gasteiger partial charge in [-0.15, -0.1) is 0 Å². The van der Waals surface area contributed by atoms with E-state index in [1.165, 1.54) is 32.1 Å². The van der Waals surface area contributed by atoms with Crippen molar-refractivity contribution in [2.24, 2.45) is 10.8 Å². The zero-order valence-electron chi connectivity index (χ0n) is 20.7. The Morgan fingerprint density at radius 1 is 0.645 bits per heavy atom. The zero-order valence-corrected chi connectivity index (χ0v) is 21.6. The Kier molecular flexibility index (Phi) is 17.5. The van der Waals surface area contributed by atoms with Crippen LogP contribution in [0.1, 0.15) is 118 Å². The normalized spacial score (nSPS) is 13.1. The van der Waals surface area contributed by atoms with E-state index in [1.54, 1.807) is 0 Å². The Labute approximate surface area is 191 Å². The molecule has 0 rings (SSSR count). The summed E-state index contributed by atoms with van der Waals surface area (Å²) in [6.07, 6.45) is 15.0. The molecule has 6 nitrogen and oxygen atoms in total. The minimum atomic E-state index is -4.38. The number of phosphoric ester groups is 1. The van der Waals surface area contributed by atoms with E-state index in [2.05, 4.69) is 32.2 Å². The number of hydrogen-bond donors (Lipinski definition) is 3. The van der Waals surface area contributed by atoms with Crippen molar-refractivity contribution in [1.82, 2.24) is 0 Å². The number of rotatable bonds is 22. The first kappa shape index (κ1) is 31.0. The predicted octanol–water partition coefficient (Wildman–Crippen LogP) is 6.62. The number of phosphoric acid groups is 1. The molecule has 7 heteroatoms. The number of aliphatic hydroxyl groups is 1. The molecule has 0 spiro atoms. The van der Waals surface area contributed by atoms with Crippen LogP contribution >= 0.6 is 7.82 Å². The highest BCUT2D eigenvalue weighted by molar-refractivity contribution is 7.46. The molecule has 0 saturated carbocycles. The highest BCUT2D eigenvalue weighted by atomic mass is 31.2. The Morgan fingerprint density at radius 2 is 1.06 bits per heavy atom. The van der Waals surface area contributed by atoms with Gasteiger partial charge < -0.3 is 19.6 Å². The molecule has 0 heterocycles. The van der Waals surface area contributed by atoms with Gasteiger partial charge in [-0.1, -0.05) is 72.6 Å². The van der Waals surface area contributed by atoms with Gasteiger partial charge in [0.25, 0.3) is 0 Å². The van der Waals surface area contributed by atoms with Crippen molar-refractivity contribution in [2.75, 3.05) is 26.4 Å². The number of hydrogen-bond acceptors (Lipinski definition) is 4. The third-order valence-corrected chi connectivity index (χ3v) is 8.02. The van der Waals surface area contributed by atoms with Gasteiger partial charge in [0.15, 0.2) is 0 Å². The SMILES string of the molecule is CCC(CC)(CCCCO)CCCCOCCCCC(CC)(CC)CCOP(=O)(O)O. The van der Waals surface area contributed by atoms with Gasteiger partial charge in [-0.3, -0.25) is 4.52 Å². The molecule has 3 N–H and O–H groups in total. The molecule has 0 bridgehead atoms. The summed E-state index contributed by atoms with van der Waals surface area (Å²) in [6.45, 7) is 10.9. The van der Waals surface area contributed by atoms with Gasteiger partial charge in [-0.25, -0.2) is 4.57 Å². The first-order chi connectivity index (χ1) is 14.7. The van der Waals surface area contributed by atoms with E-state index in [9.17, 15) is 4.57 Å². The van der Waals surface area contributed by atoms with Crippen LogP contribution < -0.4 is 0 Å². The molecule has 0 fully saturated rings.